The Bertz CT molecular complexity index is 357. The maximum atomic E-state index is 11.6. The fourth-order valence-electron chi connectivity index (χ4n) is 1.25. The van der Waals surface area contributed by atoms with Gasteiger partial charge in [0.05, 0.1) is 6.04 Å². The number of carbonyl (C=O) groups is 1. The van der Waals surface area contributed by atoms with Gasteiger partial charge in [-0.25, -0.2) is 4.98 Å². The maximum Gasteiger partial charge on any atom is 0.242 e. The Labute approximate surface area is 100 Å². The first-order valence-corrected chi connectivity index (χ1v) is 5.69. The molecule has 0 aliphatic heterocycles. The summed E-state index contributed by atoms with van der Waals surface area (Å²) in [6, 6.07) is 2.75. The van der Waals surface area contributed by atoms with E-state index >= 15 is 0 Å². The molecule has 0 unspecified atom stereocenters. The molecule has 5 heteroatoms. The Morgan fingerprint density at radius 1 is 1.69 bits per heavy atom. The number of nitrogens with one attached hydrogen (secondary N) is 1. The highest BCUT2D eigenvalue weighted by Gasteiger charge is 2.13. The van der Waals surface area contributed by atoms with Gasteiger partial charge in [-0.1, -0.05) is 31.4 Å². The van der Waals surface area contributed by atoms with E-state index in [9.17, 15) is 4.79 Å². The van der Waals surface area contributed by atoms with Crippen LogP contribution in [0.5, 0.6) is 0 Å². The highest BCUT2D eigenvalue weighted by molar-refractivity contribution is 6.30. The lowest BCUT2D eigenvalue weighted by molar-refractivity contribution is -0.117. The van der Waals surface area contributed by atoms with E-state index in [2.05, 4.69) is 17.2 Å². The summed E-state index contributed by atoms with van der Waals surface area (Å²) in [4.78, 5) is 15.6. The first-order chi connectivity index (χ1) is 7.63. The molecule has 16 heavy (non-hydrogen) atoms. The number of aromatic nitrogens is 1. The lowest BCUT2D eigenvalue weighted by Gasteiger charge is -2.10. The average molecular weight is 242 g/mol. The van der Waals surface area contributed by atoms with Crippen molar-refractivity contribution in [1.82, 2.24) is 4.98 Å². The summed E-state index contributed by atoms with van der Waals surface area (Å²) in [5.74, 6) is 0.215. The summed E-state index contributed by atoms with van der Waals surface area (Å²) in [6.45, 7) is 2.06. The molecule has 1 aromatic rings. The molecule has 0 saturated carbocycles. The van der Waals surface area contributed by atoms with Crippen molar-refractivity contribution < 1.29 is 4.79 Å². The van der Waals surface area contributed by atoms with Crippen LogP contribution in [0.4, 0.5) is 5.82 Å². The Morgan fingerprint density at radius 2 is 2.44 bits per heavy atom. The summed E-state index contributed by atoms with van der Waals surface area (Å²) < 4.78 is 0. The maximum absolute atomic E-state index is 11.6. The van der Waals surface area contributed by atoms with E-state index in [1.807, 2.05) is 0 Å². The molecule has 1 heterocycles. The summed E-state index contributed by atoms with van der Waals surface area (Å²) in [5.41, 5.74) is 5.72. The van der Waals surface area contributed by atoms with Crippen molar-refractivity contribution in [2.24, 2.45) is 5.73 Å². The van der Waals surface area contributed by atoms with E-state index in [0.29, 0.717) is 17.3 Å². The summed E-state index contributed by atoms with van der Waals surface area (Å²) >= 11 is 5.77. The predicted octanol–water partition coefficient (Wildman–Crippen LogP) is 2.19. The molecule has 0 aliphatic rings. The van der Waals surface area contributed by atoms with Crippen LogP contribution in [0, 0.1) is 0 Å². The standard InChI is InChI=1S/C11H16ClN3O/c1-2-3-4-9(13)11(16)15-10-7-8(12)5-6-14-10/h5-7,9H,2-4,13H2,1H3,(H,14,15,16)/t9-/m0/s1. The Morgan fingerprint density at radius 3 is 3.06 bits per heavy atom. The molecule has 0 radical (unpaired) electrons. The van der Waals surface area contributed by atoms with Gasteiger partial charge in [0.25, 0.3) is 0 Å². The third-order valence-electron chi connectivity index (χ3n) is 2.18. The second kappa shape index (κ2) is 6.45. The fourth-order valence-corrected chi connectivity index (χ4v) is 1.41. The lowest BCUT2D eigenvalue weighted by Crippen LogP contribution is -2.35. The number of unbranched alkanes of at least 4 members (excludes halogenated alkanes) is 1. The molecule has 0 aliphatic carbocycles. The third kappa shape index (κ3) is 4.16. The fraction of sp³-hybridized carbons (Fsp3) is 0.455. The van der Waals surface area contributed by atoms with Crippen molar-refractivity contribution in [2.75, 3.05) is 5.32 Å². The second-order valence-corrected chi connectivity index (χ2v) is 4.03. The van der Waals surface area contributed by atoms with Gasteiger partial charge in [0.15, 0.2) is 0 Å². The highest BCUT2D eigenvalue weighted by atomic mass is 35.5. The minimum Gasteiger partial charge on any atom is -0.320 e. The van der Waals surface area contributed by atoms with Crippen LogP contribution in [0.3, 0.4) is 0 Å². The molecule has 1 amide bonds. The van der Waals surface area contributed by atoms with Crippen molar-refractivity contribution in [2.45, 2.75) is 32.2 Å². The van der Waals surface area contributed by atoms with Crippen molar-refractivity contribution >= 4 is 23.3 Å². The number of rotatable bonds is 5. The number of halogens is 1. The van der Waals surface area contributed by atoms with Crippen molar-refractivity contribution in [1.29, 1.82) is 0 Å². The van der Waals surface area contributed by atoms with E-state index in [0.717, 1.165) is 12.8 Å². The minimum atomic E-state index is -0.485. The number of carbonyl (C=O) groups excluding carboxylic acids is 1. The van der Waals surface area contributed by atoms with Crippen LogP contribution in [0.25, 0.3) is 0 Å². The van der Waals surface area contributed by atoms with Crippen molar-refractivity contribution in [3.05, 3.63) is 23.4 Å². The summed E-state index contributed by atoms with van der Waals surface area (Å²) in [5, 5.41) is 3.17. The summed E-state index contributed by atoms with van der Waals surface area (Å²) in [7, 11) is 0. The van der Waals surface area contributed by atoms with E-state index in [1.54, 1.807) is 12.1 Å². The molecular formula is C11H16ClN3O. The quantitative estimate of drug-likeness (QED) is 0.830. The van der Waals surface area contributed by atoms with Gasteiger partial charge in [-0.3, -0.25) is 4.79 Å². The Kier molecular flexibility index (Phi) is 5.22. The van der Waals surface area contributed by atoms with Crippen LogP contribution in [0.2, 0.25) is 5.02 Å². The number of nitrogens with zero attached hydrogens (tertiary/aromatic N) is 1. The molecule has 88 valence electrons. The number of hydrogen-bond acceptors (Lipinski definition) is 3. The molecule has 4 nitrogen and oxygen atoms in total. The molecule has 1 aromatic heterocycles. The highest BCUT2D eigenvalue weighted by Crippen LogP contribution is 2.12. The van der Waals surface area contributed by atoms with Crippen LogP contribution in [0.1, 0.15) is 26.2 Å². The zero-order valence-corrected chi connectivity index (χ0v) is 10.00. The molecule has 0 fully saturated rings. The number of pyridine rings is 1. The van der Waals surface area contributed by atoms with Gasteiger partial charge < -0.3 is 11.1 Å². The number of hydrogen-bond donors (Lipinski definition) is 2. The zero-order chi connectivity index (χ0) is 12.0. The molecule has 1 rings (SSSR count). The molecular weight excluding hydrogens is 226 g/mol. The van der Waals surface area contributed by atoms with Crippen LogP contribution in [-0.2, 0) is 4.79 Å². The molecule has 0 saturated heterocycles. The van der Waals surface area contributed by atoms with Gasteiger partial charge in [0.1, 0.15) is 5.82 Å². The number of amides is 1. The zero-order valence-electron chi connectivity index (χ0n) is 9.24. The first-order valence-electron chi connectivity index (χ1n) is 5.31. The van der Waals surface area contributed by atoms with Gasteiger partial charge in [-0.05, 0) is 18.6 Å². The normalized spacial score (nSPS) is 12.2. The van der Waals surface area contributed by atoms with Crippen molar-refractivity contribution in [3.63, 3.8) is 0 Å². The van der Waals surface area contributed by atoms with E-state index in [1.165, 1.54) is 6.20 Å². The third-order valence-corrected chi connectivity index (χ3v) is 2.41. The van der Waals surface area contributed by atoms with E-state index in [-0.39, 0.29) is 5.91 Å². The Hall–Kier alpha value is -1.13. The average Bonchev–Trinajstić information content (AvgIpc) is 2.25. The van der Waals surface area contributed by atoms with Gasteiger partial charge in [0, 0.05) is 11.2 Å². The number of nitrogens with two attached hydrogens (primary N) is 1. The van der Waals surface area contributed by atoms with Gasteiger partial charge in [-0.2, -0.15) is 0 Å². The van der Waals surface area contributed by atoms with Crippen molar-refractivity contribution in [3.8, 4) is 0 Å². The molecule has 1 atom stereocenters. The van der Waals surface area contributed by atoms with Gasteiger partial charge in [-0.15, -0.1) is 0 Å². The smallest absolute Gasteiger partial charge is 0.242 e. The predicted molar refractivity (Wildman–Crippen MR) is 65.4 cm³/mol. The minimum absolute atomic E-state index is 0.219. The molecule has 0 bridgehead atoms. The molecule has 0 aromatic carbocycles. The molecule has 0 spiro atoms. The SMILES string of the molecule is CCCC[C@H](N)C(=O)Nc1cc(Cl)ccn1. The topological polar surface area (TPSA) is 68.0 Å². The lowest BCUT2D eigenvalue weighted by atomic mass is 10.1. The van der Waals surface area contributed by atoms with Crippen LogP contribution < -0.4 is 11.1 Å². The van der Waals surface area contributed by atoms with Gasteiger partial charge in [0.2, 0.25) is 5.91 Å². The number of anilines is 1. The first kappa shape index (κ1) is 12.9. The largest absolute Gasteiger partial charge is 0.320 e. The summed E-state index contributed by atoms with van der Waals surface area (Å²) in [6.07, 6.45) is 4.19. The van der Waals surface area contributed by atoms with Crippen LogP contribution in [0.15, 0.2) is 18.3 Å². The molecule has 3 N–H and O–H groups in total. The van der Waals surface area contributed by atoms with E-state index < -0.39 is 6.04 Å². The van der Waals surface area contributed by atoms with Crippen LogP contribution >= 0.6 is 11.6 Å². The van der Waals surface area contributed by atoms with E-state index in [4.69, 9.17) is 17.3 Å². The monoisotopic (exact) mass is 241 g/mol. The second-order valence-electron chi connectivity index (χ2n) is 3.60. The Balaban J connectivity index is 2.50. The van der Waals surface area contributed by atoms with Crippen LogP contribution in [-0.4, -0.2) is 16.9 Å². The van der Waals surface area contributed by atoms with Gasteiger partial charge >= 0.3 is 0 Å².